The van der Waals surface area contributed by atoms with E-state index in [1.807, 2.05) is 0 Å². The first-order chi connectivity index (χ1) is 8.54. The Morgan fingerprint density at radius 2 is 1.83 bits per heavy atom. The van der Waals surface area contributed by atoms with E-state index in [1.165, 1.54) is 0 Å². The molecule has 0 radical (unpaired) electrons. The Kier molecular flexibility index (Phi) is 4.19. The Labute approximate surface area is 112 Å². The molecule has 1 aromatic heterocycles. The monoisotopic (exact) mass is 270 g/mol. The third kappa shape index (κ3) is 3.43. The average Bonchev–Trinajstić information content (AvgIpc) is 2.27. The Morgan fingerprint density at radius 3 is 2.39 bits per heavy atom. The second kappa shape index (κ2) is 5.67. The molecule has 100 valence electrons. The van der Waals surface area contributed by atoms with E-state index in [2.05, 4.69) is 38.6 Å². The van der Waals surface area contributed by atoms with Gasteiger partial charge in [-0.25, -0.2) is 0 Å². The molecule has 2 N–H and O–H groups in total. The van der Waals surface area contributed by atoms with E-state index in [0.29, 0.717) is 11.9 Å². The zero-order valence-corrected chi connectivity index (χ0v) is 11.6. The van der Waals surface area contributed by atoms with Gasteiger partial charge in [0.2, 0.25) is 17.2 Å². The molecule has 6 nitrogen and oxygen atoms in total. The number of hydrogen-bond donors (Lipinski definition) is 1. The first-order valence-corrected chi connectivity index (χ1v) is 6.56. The molecule has 18 heavy (non-hydrogen) atoms. The summed E-state index contributed by atoms with van der Waals surface area (Å²) in [5.74, 6) is 1.45. The molecule has 0 saturated carbocycles. The van der Waals surface area contributed by atoms with Gasteiger partial charge in [0.05, 0.1) is 0 Å². The topological polar surface area (TPSA) is 71.2 Å². The molecule has 1 aliphatic heterocycles. The van der Waals surface area contributed by atoms with Crippen molar-refractivity contribution in [1.82, 2.24) is 19.9 Å². The number of rotatable bonds is 3. The van der Waals surface area contributed by atoms with Crippen molar-refractivity contribution in [3.05, 3.63) is 5.28 Å². The summed E-state index contributed by atoms with van der Waals surface area (Å²) in [7, 11) is 0. The maximum atomic E-state index is 5.79. The summed E-state index contributed by atoms with van der Waals surface area (Å²) < 4.78 is 0. The fraction of sp³-hybridized carbons (Fsp3) is 0.727. The molecule has 0 aromatic carbocycles. The van der Waals surface area contributed by atoms with Crippen LogP contribution in [0.1, 0.15) is 13.8 Å². The summed E-state index contributed by atoms with van der Waals surface area (Å²) in [5.41, 5.74) is 5.58. The second-order valence-corrected chi connectivity index (χ2v) is 5.28. The third-order valence-corrected chi connectivity index (χ3v) is 3.06. The number of nitrogens with zero attached hydrogens (tertiary/aromatic N) is 5. The standard InChI is InChI=1S/C11H19ClN6/c1-8(2)7-17-3-5-18(6-4-17)11-15-9(12)14-10(13)16-11/h8H,3-7H2,1-2H3,(H2,13,14,15,16). The van der Waals surface area contributed by atoms with Crippen molar-refractivity contribution in [2.45, 2.75) is 13.8 Å². The quantitative estimate of drug-likeness (QED) is 0.879. The van der Waals surface area contributed by atoms with Gasteiger partial charge >= 0.3 is 0 Å². The third-order valence-electron chi connectivity index (χ3n) is 2.89. The second-order valence-electron chi connectivity index (χ2n) is 4.94. The van der Waals surface area contributed by atoms with E-state index < -0.39 is 0 Å². The largest absolute Gasteiger partial charge is 0.368 e. The summed E-state index contributed by atoms with van der Waals surface area (Å²) in [5, 5.41) is 0.155. The molecule has 2 rings (SSSR count). The molecule has 7 heteroatoms. The number of anilines is 2. The fourth-order valence-electron chi connectivity index (χ4n) is 2.14. The van der Waals surface area contributed by atoms with Gasteiger partial charge < -0.3 is 10.6 Å². The number of piperazine rings is 1. The summed E-state index contributed by atoms with van der Waals surface area (Å²) >= 11 is 5.79. The molecule has 1 fully saturated rings. The van der Waals surface area contributed by atoms with E-state index in [9.17, 15) is 0 Å². The smallest absolute Gasteiger partial charge is 0.231 e. The first kappa shape index (κ1) is 13.3. The van der Waals surface area contributed by atoms with Gasteiger partial charge in [0.1, 0.15) is 0 Å². The van der Waals surface area contributed by atoms with E-state index >= 15 is 0 Å². The van der Waals surface area contributed by atoms with Crippen LogP contribution in [0.2, 0.25) is 5.28 Å². The van der Waals surface area contributed by atoms with Crippen LogP contribution < -0.4 is 10.6 Å². The zero-order valence-electron chi connectivity index (χ0n) is 10.8. The molecule has 0 bridgehead atoms. The van der Waals surface area contributed by atoms with Gasteiger partial charge in [0.25, 0.3) is 0 Å². The van der Waals surface area contributed by atoms with Crippen molar-refractivity contribution in [1.29, 1.82) is 0 Å². The lowest BCUT2D eigenvalue weighted by Crippen LogP contribution is -2.48. The Bertz CT molecular complexity index is 382. The van der Waals surface area contributed by atoms with Gasteiger partial charge in [-0.1, -0.05) is 13.8 Å². The van der Waals surface area contributed by atoms with Crippen molar-refractivity contribution in [3.8, 4) is 0 Å². The molecular weight excluding hydrogens is 252 g/mol. The molecule has 0 unspecified atom stereocenters. The van der Waals surface area contributed by atoms with Crippen LogP contribution in [-0.2, 0) is 0 Å². The molecule has 1 saturated heterocycles. The molecule has 0 spiro atoms. The van der Waals surface area contributed by atoms with Crippen LogP contribution in [0.5, 0.6) is 0 Å². The lowest BCUT2D eigenvalue weighted by atomic mass is 10.2. The normalized spacial score (nSPS) is 17.4. The minimum Gasteiger partial charge on any atom is -0.368 e. The van der Waals surface area contributed by atoms with Crippen LogP contribution in [0.3, 0.4) is 0 Å². The van der Waals surface area contributed by atoms with Gasteiger partial charge in [-0.2, -0.15) is 15.0 Å². The Hall–Kier alpha value is -1.14. The van der Waals surface area contributed by atoms with Crippen molar-refractivity contribution >= 4 is 23.5 Å². The van der Waals surface area contributed by atoms with Crippen molar-refractivity contribution in [3.63, 3.8) is 0 Å². The van der Waals surface area contributed by atoms with Crippen molar-refractivity contribution in [2.24, 2.45) is 5.92 Å². The Morgan fingerprint density at radius 1 is 1.17 bits per heavy atom. The van der Waals surface area contributed by atoms with Gasteiger partial charge in [-0.05, 0) is 17.5 Å². The average molecular weight is 271 g/mol. The summed E-state index contributed by atoms with van der Waals surface area (Å²) in [4.78, 5) is 16.6. The van der Waals surface area contributed by atoms with Crippen LogP contribution in [-0.4, -0.2) is 52.6 Å². The molecule has 0 amide bonds. The van der Waals surface area contributed by atoms with Crippen molar-refractivity contribution in [2.75, 3.05) is 43.4 Å². The van der Waals surface area contributed by atoms with E-state index in [4.69, 9.17) is 17.3 Å². The molecular formula is C11H19ClN6. The van der Waals surface area contributed by atoms with Gasteiger partial charge in [0.15, 0.2) is 0 Å². The highest BCUT2D eigenvalue weighted by Gasteiger charge is 2.20. The van der Waals surface area contributed by atoms with Crippen LogP contribution in [0, 0.1) is 5.92 Å². The molecule has 2 heterocycles. The minimum absolute atomic E-state index is 0.155. The number of halogens is 1. The van der Waals surface area contributed by atoms with E-state index in [0.717, 1.165) is 32.7 Å². The lowest BCUT2D eigenvalue weighted by Gasteiger charge is -2.35. The highest BCUT2D eigenvalue weighted by molar-refractivity contribution is 6.28. The molecule has 1 aromatic rings. The number of hydrogen-bond acceptors (Lipinski definition) is 6. The van der Waals surface area contributed by atoms with Gasteiger partial charge in [-0.15, -0.1) is 0 Å². The fourth-order valence-corrected chi connectivity index (χ4v) is 2.30. The van der Waals surface area contributed by atoms with E-state index in [-0.39, 0.29) is 11.2 Å². The number of nitrogens with two attached hydrogens (primary N) is 1. The highest BCUT2D eigenvalue weighted by atomic mass is 35.5. The van der Waals surface area contributed by atoms with Crippen LogP contribution in [0.25, 0.3) is 0 Å². The summed E-state index contributed by atoms with van der Waals surface area (Å²) in [6.07, 6.45) is 0. The predicted octanol–water partition coefficient (Wildman–Crippen LogP) is 0.885. The SMILES string of the molecule is CC(C)CN1CCN(c2nc(N)nc(Cl)n2)CC1. The van der Waals surface area contributed by atoms with Gasteiger partial charge in [0, 0.05) is 32.7 Å². The number of nitrogen functional groups attached to an aromatic ring is 1. The molecule has 0 atom stereocenters. The lowest BCUT2D eigenvalue weighted by molar-refractivity contribution is 0.230. The predicted molar refractivity (Wildman–Crippen MR) is 72.7 cm³/mol. The Balaban J connectivity index is 1.96. The zero-order chi connectivity index (χ0) is 13.1. The highest BCUT2D eigenvalue weighted by Crippen LogP contribution is 2.14. The molecule has 1 aliphatic rings. The van der Waals surface area contributed by atoms with Crippen LogP contribution in [0.15, 0.2) is 0 Å². The van der Waals surface area contributed by atoms with Crippen LogP contribution >= 0.6 is 11.6 Å². The van der Waals surface area contributed by atoms with E-state index in [1.54, 1.807) is 0 Å². The van der Waals surface area contributed by atoms with Crippen molar-refractivity contribution < 1.29 is 0 Å². The first-order valence-electron chi connectivity index (χ1n) is 6.19. The maximum Gasteiger partial charge on any atom is 0.231 e. The maximum absolute atomic E-state index is 5.79. The van der Waals surface area contributed by atoms with Crippen LogP contribution in [0.4, 0.5) is 11.9 Å². The molecule has 0 aliphatic carbocycles. The van der Waals surface area contributed by atoms with Gasteiger partial charge in [-0.3, -0.25) is 4.90 Å². The summed E-state index contributed by atoms with van der Waals surface area (Å²) in [6.45, 7) is 9.42. The summed E-state index contributed by atoms with van der Waals surface area (Å²) in [6, 6.07) is 0. The number of aromatic nitrogens is 3. The minimum atomic E-state index is 0.155.